The Kier molecular flexibility index (Phi) is 12.0. The van der Waals surface area contributed by atoms with Crippen molar-refractivity contribution in [2.45, 2.75) is 98.2 Å². The summed E-state index contributed by atoms with van der Waals surface area (Å²) in [5, 5.41) is 134. The average Bonchev–Trinajstić information content (AvgIpc) is 3.13. The second kappa shape index (κ2) is 16.1. The molecule has 3 saturated heterocycles. The van der Waals surface area contributed by atoms with E-state index in [-0.39, 0.29) is 34.3 Å². The van der Waals surface area contributed by atoms with Gasteiger partial charge in [0.2, 0.25) is 6.29 Å². The molecule has 20 heteroatoms. The molecule has 0 saturated carbocycles. The summed E-state index contributed by atoms with van der Waals surface area (Å²) in [6, 6.07) is 8.05. The Labute approximate surface area is 300 Å². The Morgan fingerprint density at radius 3 is 1.58 bits per heavy atom. The molecule has 2 aromatic carbocycles. The van der Waals surface area contributed by atoms with E-state index in [0.29, 0.717) is 5.56 Å². The molecule has 0 radical (unpaired) electrons. The van der Waals surface area contributed by atoms with Crippen LogP contribution in [0.15, 0.2) is 42.2 Å². The number of hydrogen-bond donors (Lipinski definition) is 13. The molecule has 16 atom stereocenters. The van der Waals surface area contributed by atoms with E-state index >= 15 is 0 Å². The number of aromatic hydroxyl groups is 3. The molecule has 0 spiro atoms. The van der Waals surface area contributed by atoms with Crippen LogP contribution in [-0.4, -0.2) is 178 Å². The minimum atomic E-state index is -1.89. The van der Waals surface area contributed by atoms with Crippen molar-refractivity contribution in [3.05, 3.63) is 53.3 Å². The third-order valence-corrected chi connectivity index (χ3v) is 9.38. The van der Waals surface area contributed by atoms with Gasteiger partial charge in [0.1, 0.15) is 102 Å². The van der Waals surface area contributed by atoms with Crippen LogP contribution in [-0.2, 0) is 28.4 Å². The van der Waals surface area contributed by atoms with E-state index < -0.39 is 118 Å². The van der Waals surface area contributed by atoms with E-state index in [0.717, 1.165) is 6.07 Å². The molecule has 0 aliphatic carbocycles. The lowest BCUT2D eigenvalue weighted by atomic mass is 9.98. The molecule has 0 aromatic heterocycles. The Morgan fingerprint density at radius 2 is 1.04 bits per heavy atom. The van der Waals surface area contributed by atoms with Crippen molar-refractivity contribution in [2.24, 2.45) is 0 Å². The first-order valence-electron chi connectivity index (χ1n) is 16.5. The van der Waals surface area contributed by atoms with Gasteiger partial charge in [0.15, 0.2) is 18.7 Å². The van der Waals surface area contributed by atoms with Gasteiger partial charge in [-0.15, -0.1) is 0 Å². The maximum Gasteiger partial charge on any atom is 0.228 e. The van der Waals surface area contributed by atoms with Crippen LogP contribution in [0.4, 0.5) is 0 Å². The summed E-state index contributed by atoms with van der Waals surface area (Å²) in [7, 11) is 0. The molecular formula is C33H42O20. The smallest absolute Gasteiger partial charge is 0.228 e. The molecule has 0 amide bonds. The fraction of sp³-hybridized carbons (Fsp3) is 0.576. The lowest BCUT2D eigenvalue weighted by Crippen LogP contribution is -2.62. The molecule has 4 aliphatic heterocycles. The van der Waals surface area contributed by atoms with Gasteiger partial charge < -0.3 is 99.5 Å². The Bertz CT molecular complexity index is 1570. The fourth-order valence-corrected chi connectivity index (χ4v) is 6.28. The van der Waals surface area contributed by atoms with E-state index in [4.69, 9.17) is 33.2 Å². The van der Waals surface area contributed by atoms with Crippen molar-refractivity contribution in [1.82, 2.24) is 0 Å². The highest BCUT2D eigenvalue weighted by Gasteiger charge is 2.50. The lowest BCUT2D eigenvalue weighted by molar-refractivity contribution is -0.341. The number of aliphatic hydroxyl groups is 10. The van der Waals surface area contributed by atoms with E-state index in [1.54, 1.807) is 0 Å². The highest BCUT2D eigenvalue weighted by atomic mass is 16.7. The largest absolute Gasteiger partial charge is 0.508 e. The summed E-state index contributed by atoms with van der Waals surface area (Å²) in [4.78, 5) is 0. The van der Waals surface area contributed by atoms with Crippen LogP contribution in [0.1, 0.15) is 17.2 Å². The highest BCUT2D eigenvalue weighted by Crippen LogP contribution is 2.44. The van der Waals surface area contributed by atoms with Gasteiger partial charge in [-0.1, -0.05) is 12.1 Å². The van der Waals surface area contributed by atoms with Gasteiger partial charge in [0, 0.05) is 17.7 Å². The molecule has 1 unspecified atom stereocenters. The van der Waals surface area contributed by atoms with Gasteiger partial charge in [0.05, 0.1) is 25.4 Å². The van der Waals surface area contributed by atoms with Crippen molar-refractivity contribution in [1.29, 1.82) is 0 Å². The Hall–Kier alpha value is -3.42. The van der Waals surface area contributed by atoms with Gasteiger partial charge in [-0.25, -0.2) is 0 Å². The van der Waals surface area contributed by atoms with E-state index in [1.165, 1.54) is 36.4 Å². The molecular weight excluding hydrogens is 716 g/mol. The van der Waals surface area contributed by atoms with Gasteiger partial charge in [-0.3, -0.25) is 0 Å². The van der Waals surface area contributed by atoms with Crippen LogP contribution in [0.25, 0.3) is 6.08 Å². The summed E-state index contributed by atoms with van der Waals surface area (Å²) >= 11 is 0. The quantitative estimate of drug-likeness (QED) is 0.109. The summed E-state index contributed by atoms with van der Waals surface area (Å²) in [6.07, 6.45) is -25.3. The number of phenols is 3. The number of phenolic OH excluding ortho intramolecular Hbond substituents is 3. The standard InChI is InChI=1S/C33H42O20/c34-8-18-21(38)24(41)27(44)31(51-18)47-9-19-22(39)25(42)28(45)32(52-19)48-10-20-23(40)26(43)29(46)33(53-20)50-17-7-14-15(37)5-13(36)6-16(14)49-30(17)11-1-3-12(35)4-2-11/h1-7,18-46H,8-10H2/t18-,19+,20-,21+,22+,23+,24-,25-,26+,27-,28+,29+,30?,31+,32+,33+/m0/s1. The number of rotatable bonds is 10. The highest BCUT2D eigenvalue weighted by molar-refractivity contribution is 5.69. The number of hydrogen-bond acceptors (Lipinski definition) is 20. The summed E-state index contributed by atoms with van der Waals surface area (Å²) in [5.74, 6) is -0.736. The summed E-state index contributed by atoms with van der Waals surface area (Å²) in [6.45, 7) is -2.03. The SMILES string of the molecule is OC[C@@H]1O[C@@H](OC[C@H]2O[C@@H](OC[C@@H]3O[C@@H](OC4=Cc5c(O)cc(O)cc5OC4c4ccc(O)cc4)[C@H](O)[C@H](O)[C@@H]3O)[C@H](O)[C@@H](O)[C@@H]2O)[C@@H](O)[C@@H](O)[C@@H]1O. The second-order valence-electron chi connectivity index (χ2n) is 13.0. The molecule has 294 valence electrons. The molecule has 4 heterocycles. The molecule has 3 fully saturated rings. The topological polar surface area (TPSA) is 328 Å². The minimum absolute atomic E-state index is 0.0561. The third-order valence-electron chi connectivity index (χ3n) is 9.38. The van der Waals surface area contributed by atoms with Crippen molar-refractivity contribution in [3.63, 3.8) is 0 Å². The zero-order valence-corrected chi connectivity index (χ0v) is 27.6. The van der Waals surface area contributed by atoms with Gasteiger partial charge in [-0.2, -0.15) is 0 Å². The first-order valence-corrected chi connectivity index (χ1v) is 16.5. The zero-order chi connectivity index (χ0) is 38.3. The van der Waals surface area contributed by atoms with Crippen molar-refractivity contribution in [3.8, 4) is 23.0 Å². The Morgan fingerprint density at radius 1 is 0.547 bits per heavy atom. The Balaban J connectivity index is 1.14. The predicted octanol–water partition coefficient (Wildman–Crippen LogP) is -4.26. The van der Waals surface area contributed by atoms with Crippen molar-refractivity contribution >= 4 is 6.08 Å². The first-order chi connectivity index (χ1) is 25.2. The van der Waals surface area contributed by atoms with Gasteiger partial charge in [0.25, 0.3) is 0 Å². The molecule has 2 aromatic rings. The van der Waals surface area contributed by atoms with Crippen molar-refractivity contribution in [2.75, 3.05) is 19.8 Å². The van der Waals surface area contributed by atoms with E-state index in [1.807, 2.05) is 0 Å². The molecule has 4 aliphatic rings. The minimum Gasteiger partial charge on any atom is -0.508 e. The maximum absolute atomic E-state index is 10.8. The van der Waals surface area contributed by atoms with Crippen LogP contribution in [0, 0.1) is 0 Å². The molecule has 0 bridgehead atoms. The first kappa shape index (κ1) is 39.3. The molecule has 6 rings (SSSR count). The van der Waals surface area contributed by atoms with E-state index in [9.17, 15) is 66.4 Å². The van der Waals surface area contributed by atoms with Crippen molar-refractivity contribution < 1.29 is 99.5 Å². The number of benzene rings is 2. The van der Waals surface area contributed by atoms with Crippen LogP contribution >= 0.6 is 0 Å². The van der Waals surface area contributed by atoms with E-state index in [2.05, 4.69) is 0 Å². The van der Waals surface area contributed by atoms with Crippen LogP contribution < -0.4 is 4.74 Å². The molecule has 20 nitrogen and oxygen atoms in total. The fourth-order valence-electron chi connectivity index (χ4n) is 6.28. The lowest BCUT2D eigenvalue weighted by Gasteiger charge is -2.44. The van der Waals surface area contributed by atoms with Gasteiger partial charge >= 0.3 is 0 Å². The molecule has 53 heavy (non-hydrogen) atoms. The van der Waals surface area contributed by atoms with Crippen LogP contribution in [0.3, 0.4) is 0 Å². The van der Waals surface area contributed by atoms with Crippen LogP contribution in [0.5, 0.6) is 23.0 Å². The average molecular weight is 759 g/mol. The predicted molar refractivity (Wildman–Crippen MR) is 169 cm³/mol. The molecule has 13 N–H and O–H groups in total. The normalized spacial score (nSPS) is 40.2. The summed E-state index contributed by atoms with van der Waals surface area (Å²) < 4.78 is 39.6. The zero-order valence-electron chi connectivity index (χ0n) is 27.6. The number of ether oxygens (including phenoxy) is 7. The number of fused-ring (bicyclic) bond motifs is 1. The van der Waals surface area contributed by atoms with Crippen LogP contribution in [0.2, 0.25) is 0 Å². The van der Waals surface area contributed by atoms with Gasteiger partial charge in [-0.05, 0) is 18.2 Å². The maximum atomic E-state index is 10.8. The summed E-state index contributed by atoms with van der Waals surface area (Å²) in [5.41, 5.74) is 0.510. The number of aliphatic hydroxyl groups excluding tert-OH is 10. The third kappa shape index (κ3) is 8.03. The second-order valence-corrected chi connectivity index (χ2v) is 13.0. The monoisotopic (exact) mass is 758 g/mol.